The number of carbonyl (C=O) groups is 3. The lowest BCUT2D eigenvalue weighted by atomic mass is 9.85. The second-order valence-electron chi connectivity index (χ2n) is 7.86. The molecule has 1 aliphatic heterocycles. The van der Waals surface area contributed by atoms with Crippen LogP contribution in [0, 0.1) is 23.7 Å². The smallest absolute Gasteiger partial charge is 0.255 e. The molecule has 3 amide bonds. The van der Waals surface area contributed by atoms with Gasteiger partial charge in [-0.25, -0.2) is 4.90 Å². The van der Waals surface area contributed by atoms with Crippen LogP contribution in [0.3, 0.4) is 0 Å². The zero-order valence-corrected chi connectivity index (χ0v) is 16.9. The van der Waals surface area contributed by atoms with Crippen LogP contribution in [-0.4, -0.2) is 24.8 Å². The number of amides is 3. The first kappa shape index (κ1) is 18.9. The molecule has 0 aromatic heterocycles. The van der Waals surface area contributed by atoms with Crippen LogP contribution in [-0.2, 0) is 9.59 Å². The summed E-state index contributed by atoms with van der Waals surface area (Å²) in [5.41, 5.74) is 1.18. The fraction of sp³-hybridized carbons (Fsp3) is 0.261. The van der Waals surface area contributed by atoms with E-state index in [9.17, 15) is 14.4 Å². The number of carbonyl (C=O) groups excluding carboxylic acids is 3. The van der Waals surface area contributed by atoms with E-state index < -0.39 is 5.91 Å². The number of methoxy groups -OCH3 is 1. The molecule has 0 spiro atoms. The number of imide groups is 1. The van der Waals surface area contributed by atoms with Gasteiger partial charge in [0.05, 0.1) is 30.3 Å². The van der Waals surface area contributed by atoms with Crippen LogP contribution in [0.5, 0.6) is 5.75 Å². The highest BCUT2D eigenvalue weighted by atomic mass is 35.5. The molecular weight excluding hydrogens is 404 g/mol. The van der Waals surface area contributed by atoms with E-state index in [1.807, 2.05) is 0 Å². The van der Waals surface area contributed by atoms with Gasteiger partial charge in [0.1, 0.15) is 5.75 Å². The van der Waals surface area contributed by atoms with Crippen molar-refractivity contribution in [2.45, 2.75) is 6.42 Å². The Kier molecular flexibility index (Phi) is 4.40. The molecule has 152 valence electrons. The van der Waals surface area contributed by atoms with Gasteiger partial charge in [-0.3, -0.25) is 14.4 Å². The summed E-state index contributed by atoms with van der Waals surface area (Å²) in [6.45, 7) is 0. The lowest BCUT2D eigenvalue weighted by molar-refractivity contribution is -0.123. The van der Waals surface area contributed by atoms with E-state index in [-0.39, 0.29) is 35.5 Å². The summed E-state index contributed by atoms with van der Waals surface area (Å²) < 4.78 is 5.26. The zero-order valence-electron chi connectivity index (χ0n) is 16.2. The number of nitrogens with zero attached hydrogens (tertiary/aromatic N) is 1. The third-order valence-corrected chi connectivity index (χ3v) is 6.48. The summed E-state index contributed by atoms with van der Waals surface area (Å²) in [5.74, 6) is -0.525. The van der Waals surface area contributed by atoms with Crippen molar-refractivity contribution in [3.63, 3.8) is 0 Å². The summed E-state index contributed by atoms with van der Waals surface area (Å²) in [6.07, 6.45) is 5.00. The number of rotatable bonds is 4. The molecule has 4 atom stereocenters. The average molecular weight is 423 g/mol. The summed E-state index contributed by atoms with van der Waals surface area (Å²) in [4.78, 5) is 40.1. The van der Waals surface area contributed by atoms with E-state index in [4.69, 9.17) is 16.3 Å². The third kappa shape index (κ3) is 2.82. The monoisotopic (exact) mass is 422 g/mol. The molecule has 2 fully saturated rings. The van der Waals surface area contributed by atoms with E-state index >= 15 is 0 Å². The maximum absolute atomic E-state index is 13.0. The van der Waals surface area contributed by atoms with Crippen LogP contribution in [0.15, 0.2) is 54.6 Å². The minimum atomic E-state index is -0.390. The second kappa shape index (κ2) is 6.99. The van der Waals surface area contributed by atoms with E-state index in [1.54, 1.807) is 42.5 Å². The number of hydrogen-bond donors (Lipinski definition) is 1. The Balaban J connectivity index is 1.41. The molecule has 3 aliphatic rings. The predicted octanol–water partition coefficient (Wildman–Crippen LogP) is 3.91. The zero-order chi connectivity index (χ0) is 21.0. The van der Waals surface area contributed by atoms with Crippen LogP contribution in [0.25, 0.3) is 0 Å². The van der Waals surface area contributed by atoms with Crippen molar-refractivity contribution in [2.24, 2.45) is 23.7 Å². The van der Waals surface area contributed by atoms with Gasteiger partial charge in [0, 0.05) is 10.6 Å². The fourth-order valence-electron chi connectivity index (χ4n) is 4.92. The number of fused-ring (bicyclic) bond motifs is 5. The maximum Gasteiger partial charge on any atom is 0.255 e. The Bertz CT molecular complexity index is 1080. The largest absolute Gasteiger partial charge is 0.495 e. The van der Waals surface area contributed by atoms with Gasteiger partial charge in [0.15, 0.2) is 0 Å². The van der Waals surface area contributed by atoms with Crippen molar-refractivity contribution in [1.82, 2.24) is 0 Å². The van der Waals surface area contributed by atoms with Gasteiger partial charge in [-0.2, -0.15) is 0 Å². The van der Waals surface area contributed by atoms with Gasteiger partial charge < -0.3 is 10.1 Å². The lowest BCUT2D eigenvalue weighted by Crippen LogP contribution is -2.33. The molecule has 1 heterocycles. The Morgan fingerprint density at radius 2 is 1.77 bits per heavy atom. The standard InChI is InChI=1S/C23H19ClN2O4/c1-30-18-8-7-15(24)11-17(18)25-21(27)14-3-2-4-16(10-14)26-22(28)19-12-5-6-13(9-12)20(19)23(26)29/h2-8,10-13,19-20H,9H2,1H3,(H,25,27)/t12-,13-,19-,20-/m0/s1. The minimum Gasteiger partial charge on any atom is -0.495 e. The van der Waals surface area contributed by atoms with Crippen LogP contribution < -0.4 is 15.0 Å². The predicted molar refractivity (Wildman–Crippen MR) is 113 cm³/mol. The number of allylic oxidation sites excluding steroid dienone is 2. The third-order valence-electron chi connectivity index (χ3n) is 6.25. The van der Waals surface area contributed by atoms with Crippen molar-refractivity contribution in [3.05, 3.63) is 65.2 Å². The van der Waals surface area contributed by atoms with E-state index in [0.717, 1.165) is 6.42 Å². The number of hydrogen-bond acceptors (Lipinski definition) is 4. The molecule has 1 saturated heterocycles. The van der Waals surface area contributed by atoms with E-state index in [0.29, 0.717) is 27.7 Å². The van der Waals surface area contributed by atoms with Gasteiger partial charge in [-0.05, 0) is 54.7 Å². The molecule has 30 heavy (non-hydrogen) atoms. The molecular formula is C23H19ClN2O4. The molecule has 2 aliphatic carbocycles. The Labute approximate surface area is 178 Å². The number of nitrogens with one attached hydrogen (secondary N) is 1. The number of benzene rings is 2. The fourth-order valence-corrected chi connectivity index (χ4v) is 5.09. The van der Waals surface area contributed by atoms with Crippen molar-refractivity contribution in [3.8, 4) is 5.75 Å². The highest BCUT2D eigenvalue weighted by Gasteiger charge is 2.59. The quantitative estimate of drug-likeness (QED) is 0.598. The molecule has 0 unspecified atom stereocenters. The van der Waals surface area contributed by atoms with Gasteiger partial charge in [-0.1, -0.05) is 29.8 Å². The van der Waals surface area contributed by atoms with Crippen molar-refractivity contribution in [1.29, 1.82) is 0 Å². The van der Waals surface area contributed by atoms with E-state index in [1.165, 1.54) is 12.0 Å². The van der Waals surface area contributed by atoms with Crippen LogP contribution in [0.4, 0.5) is 11.4 Å². The van der Waals surface area contributed by atoms with Gasteiger partial charge in [0.2, 0.25) is 11.8 Å². The summed E-state index contributed by atoms with van der Waals surface area (Å²) in [7, 11) is 1.50. The first-order valence-corrected chi connectivity index (χ1v) is 10.2. The molecule has 2 bridgehead atoms. The normalized spacial score (nSPS) is 26.3. The Hall–Kier alpha value is -3.12. The molecule has 6 nitrogen and oxygen atoms in total. The van der Waals surface area contributed by atoms with Crippen molar-refractivity contribution in [2.75, 3.05) is 17.3 Å². The summed E-state index contributed by atoms with van der Waals surface area (Å²) >= 11 is 6.03. The molecule has 2 aromatic carbocycles. The maximum atomic E-state index is 13.0. The number of anilines is 2. The highest BCUT2D eigenvalue weighted by Crippen LogP contribution is 2.53. The molecule has 0 radical (unpaired) electrons. The Morgan fingerprint density at radius 1 is 1.07 bits per heavy atom. The minimum absolute atomic E-state index is 0.142. The van der Waals surface area contributed by atoms with Gasteiger partial charge >= 0.3 is 0 Å². The summed E-state index contributed by atoms with van der Waals surface area (Å²) in [5, 5.41) is 3.24. The first-order valence-electron chi connectivity index (χ1n) is 9.79. The molecule has 1 N–H and O–H groups in total. The number of ether oxygens (including phenoxy) is 1. The molecule has 2 aromatic rings. The van der Waals surface area contributed by atoms with Crippen molar-refractivity contribution < 1.29 is 19.1 Å². The van der Waals surface area contributed by atoms with E-state index in [2.05, 4.69) is 17.5 Å². The van der Waals surface area contributed by atoms with Gasteiger partial charge in [-0.15, -0.1) is 0 Å². The van der Waals surface area contributed by atoms with Crippen LogP contribution >= 0.6 is 11.6 Å². The van der Waals surface area contributed by atoms with Gasteiger partial charge in [0.25, 0.3) is 5.91 Å². The lowest BCUT2D eigenvalue weighted by Gasteiger charge is -2.18. The molecule has 1 saturated carbocycles. The number of halogens is 1. The van der Waals surface area contributed by atoms with Crippen LogP contribution in [0.2, 0.25) is 5.02 Å². The topological polar surface area (TPSA) is 75.7 Å². The van der Waals surface area contributed by atoms with Crippen molar-refractivity contribution >= 4 is 40.7 Å². The summed E-state index contributed by atoms with van der Waals surface area (Å²) in [6, 6.07) is 11.5. The molecule has 5 rings (SSSR count). The second-order valence-corrected chi connectivity index (χ2v) is 8.30. The SMILES string of the molecule is COc1ccc(Cl)cc1NC(=O)c1cccc(N2C(=O)[C@@H]3[C@@H](C2=O)[C@H]2C=C[C@H]3C2)c1. The average Bonchev–Trinajstić information content (AvgIpc) is 3.42. The molecule has 7 heteroatoms. The first-order chi connectivity index (χ1) is 14.5. The Morgan fingerprint density at radius 3 is 2.43 bits per heavy atom. The van der Waals surface area contributed by atoms with Crippen LogP contribution in [0.1, 0.15) is 16.8 Å². The highest BCUT2D eigenvalue weighted by molar-refractivity contribution is 6.31.